The molecule has 12 heteroatoms. The van der Waals surface area contributed by atoms with E-state index in [2.05, 4.69) is 29.9 Å². The first-order valence-electron chi connectivity index (χ1n) is 9.27. The Morgan fingerprint density at radius 3 is 2.83 bits per heavy atom. The van der Waals surface area contributed by atoms with Crippen molar-refractivity contribution in [3.05, 3.63) is 42.1 Å². The molecule has 1 atom stereocenters. The van der Waals surface area contributed by atoms with Crippen LogP contribution in [0, 0.1) is 6.92 Å². The molecule has 0 unspecified atom stereocenters. The molecule has 0 amide bonds. The monoisotopic (exact) mass is 431 g/mol. The van der Waals surface area contributed by atoms with E-state index in [-0.39, 0.29) is 37.4 Å². The minimum atomic E-state index is -3.72. The molecule has 1 N–H and O–H groups in total. The Hall–Kier alpha value is -3.12. The number of hydrogen-bond acceptors (Lipinski definition) is 9. The van der Waals surface area contributed by atoms with Crippen molar-refractivity contribution in [2.75, 3.05) is 30.8 Å². The summed E-state index contributed by atoms with van der Waals surface area (Å²) in [6.45, 7) is 2.38. The highest BCUT2D eigenvalue weighted by Gasteiger charge is 2.30. The van der Waals surface area contributed by atoms with E-state index in [1.54, 1.807) is 42.4 Å². The van der Waals surface area contributed by atoms with Crippen LogP contribution in [0.15, 0.2) is 30.7 Å². The average molecular weight is 431 g/mol. The van der Waals surface area contributed by atoms with Gasteiger partial charge in [0.2, 0.25) is 21.9 Å². The number of rotatable bonds is 7. The lowest BCUT2D eigenvalue weighted by Crippen LogP contribution is -2.26. The summed E-state index contributed by atoms with van der Waals surface area (Å²) in [5.74, 6) is 1.23. The van der Waals surface area contributed by atoms with Crippen LogP contribution in [0.4, 0.5) is 5.95 Å². The molecular formula is C18H21N7O4S. The Balaban J connectivity index is 1.61. The minimum Gasteiger partial charge on any atom is -0.475 e. The Morgan fingerprint density at radius 1 is 1.27 bits per heavy atom. The van der Waals surface area contributed by atoms with Gasteiger partial charge in [-0.25, -0.2) is 23.4 Å². The molecule has 0 radical (unpaired) electrons. The van der Waals surface area contributed by atoms with Gasteiger partial charge < -0.3 is 9.47 Å². The SMILES string of the molecule is COC[C@@H]1COc2ncccc2-c2nnc(NS(=O)(=O)CCc3ncc(C)cn3)n21. The molecule has 4 heterocycles. The summed E-state index contributed by atoms with van der Waals surface area (Å²) in [6.07, 6.45) is 5.10. The van der Waals surface area contributed by atoms with Gasteiger partial charge >= 0.3 is 0 Å². The number of anilines is 1. The fourth-order valence-corrected chi connectivity index (χ4v) is 4.07. The van der Waals surface area contributed by atoms with Crippen LogP contribution in [-0.4, -0.2) is 64.2 Å². The van der Waals surface area contributed by atoms with Crippen LogP contribution in [0.3, 0.4) is 0 Å². The van der Waals surface area contributed by atoms with Crippen molar-refractivity contribution in [3.63, 3.8) is 0 Å². The number of pyridine rings is 1. The van der Waals surface area contributed by atoms with Crippen molar-refractivity contribution in [1.82, 2.24) is 29.7 Å². The highest BCUT2D eigenvalue weighted by Crippen LogP contribution is 2.34. The van der Waals surface area contributed by atoms with Gasteiger partial charge in [-0.1, -0.05) is 0 Å². The van der Waals surface area contributed by atoms with Crippen LogP contribution in [0.2, 0.25) is 0 Å². The summed E-state index contributed by atoms with van der Waals surface area (Å²) in [6, 6.07) is 3.21. The number of aromatic nitrogens is 6. The number of hydrogen-bond donors (Lipinski definition) is 1. The molecule has 0 aliphatic carbocycles. The number of sulfonamides is 1. The average Bonchev–Trinajstić information content (AvgIpc) is 3.06. The van der Waals surface area contributed by atoms with Gasteiger partial charge in [-0.3, -0.25) is 9.29 Å². The molecule has 0 saturated heterocycles. The first kappa shape index (κ1) is 20.2. The predicted molar refractivity (Wildman–Crippen MR) is 108 cm³/mol. The number of nitrogens with one attached hydrogen (secondary N) is 1. The normalized spacial score (nSPS) is 15.6. The smallest absolute Gasteiger partial charge is 0.239 e. The lowest BCUT2D eigenvalue weighted by molar-refractivity contribution is 0.125. The second kappa shape index (κ2) is 8.32. The van der Waals surface area contributed by atoms with Gasteiger partial charge in [0.05, 0.1) is 24.0 Å². The summed E-state index contributed by atoms with van der Waals surface area (Å²) < 4.78 is 40.7. The first-order valence-corrected chi connectivity index (χ1v) is 10.9. The van der Waals surface area contributed by atoms with Gasteiger partial charge in [-0.15, -0.1) is 10.2 Å². The fourth-order valence-electron chi connectivity index (χ4n) is 3.10. The van der Waals surface area contributed by atoms with E-state index < -0.39 is 10.0 Å². The van der Waals surface area contributed by atoms with Crippen molar-refractivity contribution in [1.29, 1.82) is 0 Å². The Bertz CT molecular complexity index is 1130. The van der Waals surface area contributed by atoms with E-state index in [1.165, 1.54) is 0 Å². The second-order valence-electron chi connectivity index (χ2n) is 6.84. The molecular weight excluding hydrogens is 410 g/mol. The summed E-state index contributed by atoms with van der Waals surface area (Å²) in [4.78, 5) is 12.5. The molecule has 3 aromatic rings. The van der Waals surface area contributed by atoms with E-state index in [4.69, 9.17) is 9.47 Å². The molecule has 4 rings (SSSR count). The molecule has 30 heavy (non-hydrogen) atoms. The van der Waals surface area contributed by atoms with Crippen molar-refractivity contribution >= 4 is 16.0 Å². The number of fused-ring (bicyclic) bond motifs is 3. The zero-order chi connectivity index (χ0) is 21.1. The van der Waals surface area contributed by atoms with E-state index in [0.717, 1.165) is 5.56 Å². The van der Waals surface area contributed by atoms with Gasteiger partial charge in [0, 0.05) is 32.1 Å². The van der Waals surface area contributed by atoms with E-state index in [9.17, 15) is 8.42 Å². The Morgan fingerprint density at radius 2 is 2.07 bits per heavy atom. The molecule has 0 fully saturated rings. The summed E-state index contributed by atoms with van der Waals surface area (Å²) in [7, 11) is -2.16. The maximum Gasteiger partial charge on any atom is 0.239 e. The lowest BCUT2D eigenvalue weighted by atomic mass is 10.2. The zero-order valence-electron chi connectivity index (χ0n) is 16.5. The standard InChI is InChI=1S/C18H21N7O4S/c1-12-8-20-15(21-9-12)5-7-30(26,27)24-18-23-22-16-14-4-3-6-19-17(14)29-11-13(10-28-2)25(16)18/h3-4,6,8-9,13H,5,7,10-11H2,1-2H3,(H,23,24)/t13-/m1/s1. The van der Waals surface area contributed by atoms with Gasteiger partial charge in [-0.2, -0.15) is 0 Å². The van der Waals surface area contributed by atoms with E-state index in [0.29, 0.717) is 23.1 Å². The van der Waals surface area contributed by atoms with Crippen LogP contribution in [0.25, 0.3) is 11.4 Å². The maximum atomic E-state index is 12.7. The lowest BCUT2D eigenvalue weighted by Gasteiger charge is -2.18. The first-order chi connectivity index (χ1) is 14.5. The molecule has 3 aromatic heterocycles. The van der Waals surface area contributed by atoms with Crippen LogP contribution < -0.4 is 9.46 Å². The fraction of sp³-hybridized carbons (Fsp3) is 0.389. The number of ether oxygens (including phenoxy) is 2. The predicted octanol–water partition coefficient (Wildman–Crippen LogP) is 1.00. The zero-order valence-corrected chi connectivity index (χ0v) is 17.3. The summed E-state index contributed by atoms with van der Waals surface area (Å²) in [5, 5.41) is 8.26. The van der Waals surface area contributed by atoms with Gasteiger partial charge in [0.1, 0.15) is 12.4 Å². The van der Waals surface area contributed by atoms with E-state index in [1.807, 2.05) is 6.92 Å². The topological polar surface area (TPSA) is 134 Å². The third-order valence-corrected chi connectivity index (χ3v) is 5.76. The van der Waals surface area contributed by atoms with Crippen LogP contribution in [-0.2, 0) is 21.2 Å². The summed E-state index contributed by atoms with van der Waals surface area (Å²) in [5.41, 5.74) is 1.54. The van der Waals surface area contributed by atoms with E-state index >= 15 is 0 Å². The van der Waals surface area contributed by atoms with Gasteiger partial charge in [0.25, 0.3) is 0 Å². The maximum absolute atomic E-state index is 12.7. The quantitative estimate of drug-likeness (QED) is 0.581. The third-order valence-electron chi connectivity index (χ3n) is 4.52. The molecule has 0 bridgehead atoms. The minimum absolute atomic E-state index is 0.0946. The summed E-state index contributed by atoms with van der Waals surface area (Å²) >= 11 is 0. The molecule has 0 saturated carbocycles. The van der Waals surface area contributed by atoms with Crippen LogP contribution in [0.1, 0.15) is 17.4 Å². The van der Waals surface area contributed by atoms with Gasteiger partial charge in [0.15, 0.2) is 5.82 Å². The van der Waals surface area contributed by atoms with Crippen molar-refractivity contribution in [3.8, 4) is 17.3 Å². The van der Waals surface area contributed by atoms with Crippen LogP contribution in [0.5, 0.6) is 5.88 Å². The second-order valence-corrected chi connectivity index (χ2v) is 8.68. The van der Waals surface area contributed by atoms with Crippen LogP contribution >= 0.6 is 0 Å². The largest absolute Gasteiger partial charge is 0.475 e. The van der Waals surface area contributed by atoms with Crippen molar-refractivity contribution in [2.24, 2.45) is 0 Å². The molecule has 1 aliphatic heterocycles. The molecule has 0 spiro atoms. The number of nitrogens with zero attached hydrogens (tertiary/aromatic N) is 6. The van der Waals surface area contributed by atoms with Gasteiger partial charge in [-0.05, 0) is 24.6 Å². The molecule has 1 aliphatic rings. The molecule has 11 nitrogen and oxygen atoms in total. The molecule has 158 valence electrons. The third kappa shape index (κ3) is 4.24. The highest BCUT2D eigenvalue weighted by molar-refractivity contribution is 7.92. The number of aryl methyl sites for hydroxylation is 2. The number of methoxy groups -OCH3 is 1. The highest BCUT2D eigenvalue weighted by atomic mass is 32.2. The molecule has 0 aromatic carbocycles. The van der Waals surface area contributed by atoms with Crippen molar-refractivity contribution < 1.29 is 17.9 Å². The Labute approximate surface area is 173 Å². The Kier molecular flexibility index (Phi) is 5.59. The van der Waals surface area contributed by atoms with Crippen molar-refractivity contribution in [2.45, 2.75) is 19.4 Å².